The summed E-state index contributed by atoms with van der Waals surface area (Å²) >= 11 is 0. The lowest BCUT2D eigenvalue weighted by Crippen LogP contribution is -1.62. The van der Waals surface area contributed by atoms with E-state index in [4.69, 9.17) is 14.4 Å². The van der Waals surface area contributed by atoms with E-state index in [1.54, 1.807) is 0 Å². The second-order valence-corrected chi connectivity index (χ2v) is 2.81. The predicted molar refractivity (Wildman–Crippen MR) is 51.0 cm³/mol. The van der Waals surface area contributed by atoms with Crippen LogP contribution in [0.25, 0.3) is 0 Å². The van der Waals surface area contributed by atoms with Crippen molar-refractivity contribution in [2.75, 3.05) is 0 Å². The summed E-state index contributed by atoms with van der Waals surface area (Å²) in [7, 11) is -2.87. The SMILES string of the molecule is CCCC=CCCC.O=[P+](O)O. The summed E-state index contributed by atoms with van der Waals surface area (Å²) in [5.41, 5.74) is 0. The maximum atomic E-state index is 8.70. The maximum absolute atomic E-state index is 8.70. The number of hydrogen-bond donors (Lipinski definition) is 2. The minimum absolute atomic E-state index is 1.25. The fraction of sp³-hybridized carbons (Fsp3) is 0.750. The smallest absolute Gasteiger partial charge is 0.134 e. The van der Waals surface area contributed by atoms with Crippen LogP contribution < -0.4 is 0 Å². The number of unbranched alkanes of at least 4 members (excludes halogenated alkanes) is 2. The molecule has 0 rings (SSSR count). The van der Waals surface area contributed by atoms with E-state index in [1.807, 2.05) is 0 Å². The van der Waals surface area contributed by atoms with E-state index in [0.29, 0.717) is 0 Å². The standard InChI is InChI=1S/C8H16.HO3P/c1-3-5-7-8-6-4-2;1-4(2)3/h7-8H,3-6H2,1-2H3;(H-,1,2,3)/p+1. The summed E-state index contributed by atoms with van der Waals surface area (Å²) in [6.45, 7) is 4.41. The third-order valence-corrected chi connectivity index (χ3v) is 1.08. The summed E-state index contributed by atoms with van der Waals surface area (Å²) in [4.78, 5) is 14.2. The van der Waals surface area contributed by atoms with Crippen LogP contribution in [0.1, 0.15) is 39.5 Å². The molecule has 4 heteroatoms. The Hall–Kier alpha value is -0.240. The highest BCUT2D eigenvalue weighted by Crippen LogP contribution is 1.98. The van der Waals surface area contributed by atoms with Crippen LogP contribution in [0.4, 0.5) is 0 Å². The van der Waals surface area contributed by atoms with Crippen molar-refractivity contribution in [3.63, 3.8) is 0 Å². The van der Waals surface area contributed by atoms with Crippen LogP contribution in [0.5, 0.6) is 0 Å². The third-order valence-electron chi connectivity index (χ3n) is 1.08. The van der Waals surface area contributed by atoms with Gasteiger partial charge >= 0.3 is 8.25 Å². The molecule has 0 saturated heterocycles. The first-order valence-electron chi connectivity index (χ1n) is 4.15. The lowest BCUT2D eigenvalue weighted by atomic mass is 10.2. The molecule has 12 heavy (non-hydrogen) atoms. The van der Waals surface area contributed by atoms with Crippen molar-refractivity contribution in [2.45, 2.75) is 39.5 Å². The average molecular weight is 193 g/mol. The van der Waals surface area contributed by atoms with Gasteiger partial charge in [-0.15, -0.1) is 9.79 Å². The van der Waals surface area contributed by atoms with E-state index in [-0.39, 0.29) is 0 Å². The molecule has 0 radical (unpaired) electrons. The average Bonchev–Trinajstić information content (AvgIpc) is 1.97. The van der Waals surface area contributed by atoms with Crippen molar-refractivity contribution in [3.8, 4) is 0 Å². The Morgan fingerprint density at radius 1 is 1.08 bits per heavy atom. The van der Waals surface area contributed by atoms with Gasteiger partial charge in [0, 0.05) is 4.57 Å². The lowest BCUT2D eigenvalue weighted by molar-refractivity contribution is 0.405. The van der Waals surface area contributed by atoms with Gasteiger partial charge in [-0.1, -0.05) is 38.8 Å². The summed E-state index contributed by atoms with van der Waals surface area (Å²) < 4.78 is 8.70. The molecule has 0 aliphatic heterocycles. The predicted octanol–water partition coefficient (Wildman–Crippen LogP) is 2.77. The van der Waals surface area contributed by atoms with Crippen LogP contribution in [-0.2, 0) is 4.57 Å². The Labute approximate surface area is 75.1 Å². The van der Waals surface area contributed by atoms with Crippen LogP contribution in [0.15, 0.2) is 12.2 Å². The Bertz CT molecular complexity index is 111. The molecule has 72 valence electrons. The molecule has 0 fully saturated rings. The van der Waals surface area contributed by atoms with Gasteiger partial charge in [-0.25, -0.2) is 0 Å². The molecule has 2 N–H and O–H groups in total. The molecule has 0 unspecified atom stereocenters. The van der Waals surface area contributed by atoms with E-state index in [2.05, 4.69) is 26.0 Å². The zero-order valence-corrected chi connectivity index (χ0v) is 8.63. The highest BCUT2D eigenvalue weighted by molar-refractivity contribution is 7.30. The van der Waals surface area contributed by atoms with Gasteiger partial charge in [0.1, 0.15) is 0 Å². The molecular weight excluding hydrogens is 175 g/mol. The van der Waals surface area contributed by atoms with Crippen molar-refractivity contribution in [2.24, 2.45) is 0 Å². The fourth-order valence-electron chi connectivity index (χ4n) is 0.569. The monoisotopic (exact) mass is 193 g/mol. The zero-order chi connectivity index (χ0) is 9.82. The molecule has 0 aliphatic rings. The second-order valence-electron chi connectivity index (χ2n) is 2.30. The van der Waals surface area contributed by atoms with Gasteiger partial charge in [-0.2, -0.15) is 0 Å². The van der Waals surface area contributed by atoms with Crippen molar-refractivity contribution >= 4 is 8.25 Å². The van der Waals surface area contributed by atoms with Crippen molar-refractivity contribution in [3.05, 3.63) is 12.2 Å². The highest BCUT2D eigenvalue weighted by atomic mass is 31.1. The lowest BCUT2D eigenvalue weighted by Gasteiger charge is -1.83. The van der Waals surface area contributed by atoms with Crippen molar-refractivity contribution in [1.29, 1.82) is 0 Å². The molecule has 3 nitrogen and oxygen atoms in total. The van der Waals surface area contributed by atoms with Gasteiger partial charge in [0.15, 0.2) is 0 Å². The molecule has 0 heterocycles. The summed E-state index contributed by atoms with van der Waals surface area (Å²) in [6.07, 6.45) is 9.59. The Balaban J connectivity index is 0. The largest absolute Gasteiger partial charge is 0.692 e. The van der Waals surface area contributed by atoms with E-state index in [0.717, 1.165) is 0 Å². The first kappa shape index (κ1) is 14.3. The number of hydrogen-bond acceptors (Lipinski definition) is 1. The van der Waals surface area contributed by atoms with E-state index >= 15 is 0 Å². The molecule has 0 saturated carbocycles. The quantitative estimate of drug-likeness (QED) is 0.533. The van der Waals surface area contributed by atoms with Gasteiger partial charge < -0.3 is 0 Å². The van der Waals surface area contributed by atoms with Crippen LogP contribution in [0.2, 0.25) is 0 Å². The molecule has 0 spiro atoms. The Kier molecular flexibility index (Phi) is 15.9. The summed E-state index contributed by atoms with van der Waals surface area (Å²) in [5, 5.41) is 0. The molecule has 0 bridgehead atoms. The minimum Gasteiger partial charge on any atom is -0.134 e. The molecule has 0 atom stereocenters. The first-order chi connectivity index (χ1) is 5.65. The topological polar surface area (TPSA) is 57.5 Å². The van der Waals surface area contributed by atoms with Crippen LogP contribution >= 0.6 is 8.25 Å². The van der Waals surface area contributed by atoms with Crippen molar-refractivity contribution < 1.29 is 14.4 Å². The van der Waals surface area contributed by atoms with E-state index < -0.39 is 8.25 Å². The Morgan fingerprint density at radius 3 is 1.50 bits per heavy atom. The number of allylic oxidation sites excluding steroid dienone is 2. The molecule has 0 aromatic heterocycles. The van der Waals surface area contributed by atoms with E-state index in [9.17, 15) is 0 Å². The van der Waals surface area contributed by atoms with Gasteiger partial charge in [-0.3, -0.25) is 0 Å². The van der Waals surface area contributed by atoms with Crippen molar-refractivity contribution in [1.82, 2.24) is 0 Å². The summed E-state index contributed by atoms with van der Waals surface area (Å²) in [5.74, 6) is 0. The van der Waals surface area contributed by atoms with Crippen LogP contribution in [0, 0.1) is 0 Å². The number of rotatable bonds is 4. The first-order valence-corrected chi connectivity index (χ1v) is 5.31. The molecule has 0 aromatic rings. The molecule has 0 aromatic carbocycles. The fourth-order valence-corrected chi connectivity index (χ4v) is 0.569. The van der Waals surface area contributed by atoms with Crippen LogP contribution in [0.3, 0.4) is 0 Å². The Morgan fingerprint density at radius 2 is 1.33 bits per heavy atom. The maximum Gasteiger partial charge on any atom is 0.692 e. The highest BCUT2D eigenvalue weighted by Gasteiger charge is 1.93. The normalized spacial score (nSPS) is 9.33. The second kappa shape index (κ2) is 13.4. The molecule has 0 aliphatic carbocycles. The molecule has 0 amide bonds. The molecular formula is C8H18O3P+. The van der Waals surface area contributed by atoms with Gasteiger partial charge in [-0.05, 0) is 12.8 Å². The minimum atomic E-state index is -2.87. The van der Waals surface area contributed by atoms with Gasteiger partial charge in [0.05, 0.1) is 0 Å². The third kappa shape index (κ3) is 33.1. The zero-order valence-electron chi connectivity index (χ0n) is 7.73. The summed E-state index contributed by atoms with van der Waals surface area (Å²) in [6, 6.07) is 0. The van der Waals surface area contributed by atoms with Crippen LogP contribution in [-0.4, -0.2) is 9.79 Å². The van der Waals surface area contributed by atoms with Gasteiger partial charge in [0.2, 0.25) is 0 Å². The van der Waals surface area contributed by atoms with Gasteiger partial charge in [0.25, 0.3) is 0 Å². The van der Waals surface area contributed by atoms with E-state index in [1.165, 1.54) is 25.7 Å².